The van der Waals surface area contributed by atoms with E-state index in [-0.39, 0.29) is 35.3 Å². The lowest BCUT2D eigenvalue weighted by atomic mass is 10.1. The molecular weight excluding hydrogens is 452 g/mol. The van der Waals surface area contributed by atoms with Crippen molar-refractivity contribution in [3.05, 3.63) is 66.7 Å². The van der Waals surface area contributed by atoms with Gasteiger partial charge < -0.3 is 10.1 Å². The van der Waals surface area contributed by atoms with Crippen molar-refractivity contribution >= 4 is 42.2 Å². The van der Waals surface area contributed by atoms with E-state index < -0.39 is 25.9 Å². The Labute approximate surface area is 186 Å². The van der Waals surface area contributed by atoms with Crippen LogP contribution in [0.1, 0.15) is 6.42 Å². The van der Waals surface area contributed by atoms with Crippen LogP contribution in [0.3, 0.4) is 0 Å². The number of hydrogen-bond donors (Lipinski definition) is 2. The van der Waals surface area contributed by atoms with Crippen LogP contribution in [0.5, 0.6) is 5.75 Å². The van der Waals surface area contributed by atoms with Crippen LogP contribution in [0.25, 0.3) is 10.8 Å². The number of benzene rings is 3. The van der Waals surface area contributed by atoms with E-state index in [4.69, 9.17) is 4.74 Å². The summed E-state index contributed by atoms with van der Waals surface area (Å²) in [5.74, 6) is -0.00851. The number of sulfonamides is 1. The van der Waals surface area contributed by atoms with Crippen molar-refractivity contribution < 1.29 is 26.4 Å². The first-order valence-corrected chi connectivity index (χ1v) is 13.3. The molecular formula is C22H22N2O6S2. The molecule has 0 aliphatic carbocycles. The maximum atomic E-state index is 12.5. The summed E-state index contributed by atoms with van der Waals surface area (Å²) >= 11 is 0. The molecule has 168 valence electrons. The molecule has 0 radical (unpaired) electrons. The van der Waals surface area contributed by atoms with Gasteiger partial charge in [-0.1, -0.05) is 36.4 Å². The SMILES string of the molecule is O=C(COc1cccc2ccccc12)Nc1ccc(S(=O)(=O)NC2CCS(=O)(=O)C2)cc1. The summed E-state index contributed by atoms with van der Waals surface area (Å²) in [6.07, 6.45) is 0.256. The Bertz CT molecular complexity index is 1350. The third kappa shape index (κ3) is 5.26. The second-order valence-corrected chi connectivity index (χ2v) is 11.5. The Balaban J connectivity index is 1.35. The van der Waals surface area contributed by atoms with Crippen LogP contribution in [0.15, 0.2) is 71.6 Å². The Morgan fingerprint density at radius 2 is 1.72 bits per heavy atom. The molecule has 2 N–H and O–H groups in total. The molecule has 0 bridgehead atoms. The summed E-state index contributed by atoms with van der Waals surface area (Å²) in [5.41, 5.74) is 0.416. The first-order chi connectivity index (χ1) is 15.2. The van der Waals surface area contributed by atoms with Crippen LogP contribution in [-0.2, 0) is 24.7 Å². The van der Waals surface area contributed by atoms with Gasteiger partial charge >= 0.3 is 0 Å². The van der Waals surface area contributed by atoms with Gasteiger partial charge in [-0.2, -0.15) is 0 Å². The molecule has 1 aliphatic rings. The number of anilines is 1. The van der Waals surface area contributed by atoms with E-state index in [2.05, 4.69) is 10.0 Å². The molecule has 3 aromatic carbocycles. The van der Waals surface area contributed by atoms with Crippen LogP contribution in [0, 0.1) is 0 Å². The minimum atomic E-state index is -3.86. The van der Waals surface area contributed by atoms with E-state index in [1.807, 2.05) is 36.4 Å². The predicted molar refractivity (Wildman–Crippen MR) is 122 cm³/mol. The molecule has 0 aromatic heterocycles. The zero-order valence-corrected chi connectivity index (χ0v) is 18.7. The topological polar surface area (TPSA) is 119 Å². The smallest absolute Gasteiger partial charge is 0.262 e. The summed E-state index contributed by atoms with van der Waals surface area (Å²) in [4.78, 5) is 12.3. The van der Waals surface area contributed by atoms with Crippen LogP contribution in [0.4, 0.5) is 5.69 Å². The highest BCUT2D eigenvalue weighted by molar-refractivity contribution is 7.92. The molecule has 10 heteroatoms. The van der Waals surface area contributed by atoms with E-state index >= 15 is 0 Å². The van der Waals surface area contributed by atoms with Gasteiger partial charge in [-0.25, -0.2) is 21.6 Å². The molecule has 1 aliphatic heterocycles. The molecule has 1 heterocycles. The van der Waals surface area contributed by atoms with Crippen molar-refractivity contribution in [1.82, 2.24) is 4.72 Å². The molecule has 0 saturated carbocycles. The van der Waals surface area contributed by atoms with Crippen molar-refractivity contribution in [3.63, 3.8) is 0 Å². The lowest BCUT2D eigenvalue weighted by molar-refractivity contribution is -0.118. The van der Waals surface area contributed by atoms with Gasteiger partial charge in [0.05, 0.1) is 16.4 Å². The molecule has 8 nitrogen and oxygen atoms in total. The van der Waals surface area contributed by atoms with E-state index in [0.29, 0.717) is 11.4 Å². The lowest BCUT2D eigenvalue weighted by Crippen LogP contribution is -2.35. The molecule has 1 amide bonds. The second-order valence-electron chi connectivity index (χ2n) is 7.56. The average molecular weight is 475 g/mol. The van der Waals surface area contributed by atoms with Gasteiger partial charge in [-0.05, 0) is 42.1 Å². The molecule has 32 heavy (non-hydrogen) atoms. The van der Waals surface area contributed by atoms with E-state index in [1.165, 1.54) is 24.3 Å². The standard InChI is InChI=1S/C22H22N2O6S2/c25-22(14-30-21-7-3-5-16-4-1-2-6-20(16)21)23-17-8-10-19(11-9-17)32(28,29)24-18-12-13-31(26,27)15-18/h1-11,18,24H,12-15H2,(H,23,25). The van der Waals surface area contributed by atoms with E-state index in [0.717, 1.165) is 10.8 Å². The van der Waals surface area contributed by atoms with Gasteiger partial charge in [0.1, 0.15) is 5.75 Å². The van der Waals surface area contributed by atoms with Crippen molar-refractivity contribution in [1.29, 1.82) is 0 Å². The minimum Gasteiger partial charge on any atom is -0.483 e. The highest BCUT2D eigenvalue weighted by Gasteiger charge is 2.31. The first-order valence-electron chi connectivity index (χ1n) is 9.95. The normalized spacial score (nSPS) is 17.8. The fraction of sp³-hybridized carbons (Fsp3) is 0.227. The Morgan fingerprint density at radius 3 is 2.44 bits per heavy atom. The van der Waals surface area contributed by atoms with Gasteiger partial charge in [0, 0.05) is 17.1 Å². The number of carbonyl (C=O) groups excluding carboxylic acids is 1. The fourth-order valence-electron chi connectivity index (χ4n) is 3.55. The molecule has 4 rings (SSSR count). The Kier molecular flexibility index (Phi) is 6.18. The summed E-state index contributed by atoms with van der Waals surface area (Å²) in [6.45, 7) is -0.203. The monoisotopic (exact) mass is 474 g/mol. The largest absolute Gasteiger partial charge is 0.483 e. The number of fused-ring (bicyclic) bond motifs is 1. The quantitative estimate of drug-likeness (QED) is 0.543. The summed E-state index contributed by atoms with van der Waals surface area (Å²) in [7, 11) is -7.05. The molecule has 3 aromatic rings. The van der Waals surface area contributed by atoms with Crippen molar-refractivity contribution in [3.8, 4) is 5.75 Å². The van der Waals surface area contributed by atoms with Gasteiger partial charge in [0.25, 0.3) is 5.91 Å². The van der Waals surface area contributed by atoms with Crippen LogP contribution < -0.4 is 14.8 Å². The number of rotatable bonds is 7. The Morgan fingerprint density at radius 1 is 1.00 bits per heavy atom. The maximum absolute atomic E-state index is 12.5. The minimum absolute atomic E-state index is 0.00759. The number of carbonyl (C=O) groups is 1. The number of nitrogens with one attached hydrogen (secondary N) is 2. The molecule has 1 unspecified atom stereocenters. The van der Waals surface area contributed by atoms with Crippen LogP contribution >= 0.6 is 0 Å². The van der Waals surface area contributed by atoms with Crippen molar-refractivity contribution in [2.75, 3.05) is 23.4 Å². The summed E-state index contributed by atoms with van der Waals surface area (Å²) < 4.78 is 56.1. The van der Waals surface area contributed by atoms with Gasteiger partial charge in [0.15, 0.2) is 16.4 Å². The molecule has 1 atom stereocenters. The van der Waals surface area contributed by atoms with E-state index in [1.54, 1.807) is 6.07 Å². The predicted octanol–water partition coefficient (Wildman–Crippen LogP) is 2.32. The van der Waals surface area contributed by atoms with Crippen LogP contribution in [-0.4, -0.2) is 46.9 Å². The van der Waals surface area contributed by atoms with Crippen LogP contribution in [0.2, 0.25) is 0 Å². The number of amides is 1. The summed E-state index contributed by atoms with van der Waals surface area (Å²) in [6, 6.07) is 18.3. The zero-order chi connectivity index (χ0) is 22.8. The highest BCUT2D eigenvalue weighted by Crippen LogP contribution is 2.25. The third-order valence-corrected chi connectivity index (χ3v) is 8.42. The number of sulfone groups is 1. The lowest BCUT2D eigenvalue weighted by Gasteiger charge is -2.12. The molecule has 1 saturated heterocycles. The maximum Gasteiger partial charge on any atom is 0.262 e. The zero-order valence-electron chi connectivity index (χ0n) is 17.0. The van der Waals surface area contributed by atoms with Crippen molar-refractivity contribution in [2.45, 2.75) is 17.4 Å². The van der Waals surface area contributed by atoms with Gasteiger partial charge in [-0.3, -0.25) is 4.79 Å². The summed E-state index contributed by atoms with van der Waals surface area (Å²) in [5, 5.41) is 4.57. The molecule has 0 spiro atoms. The van der Waals surface area contributed by atoms with Gasteiger partial charge in [0.2, 0.25) is 10.0 Å². The number of ether oxygens (including phenoxy) is 1. The molecule has 1 fully saturated rings. The first kappa shape index (κ1) is 22.3. The third-order valence-electron chi connectivity index (χ3n) is 5.11. The van der Waals surface area contributed by atoms with Gasteiger partial charge in [-0.15, -0.1) is 0 Å². The average Bonchev–Trinajstić information content (AvgIpc) is 3.10. The number of hydrogen-bond acceptors (Lipinski definition) is 6. The highest BCUT2D eigenvalue weighted by atomic mass is 32.2. The fourth-order valence-corrected chi connectivity index (χ4v) is 6.60. The van der Waals surface area contributed by atoms with E-state index in [9.17, 15) is 21.6 Å². The second kappa shape index (κ2) is 8.89. The van der Waals surface area contributed by atoms with Crippen molar-refractivity contribution in [2.24, 2.45) is 0 Å². The Hall–Kier alpha value is -2.95.